The number of nitrogens with one attached hydrogen (secondary N) is 1. The lowest BCUT2D eigenvalue weighted by atomic mass is 10.2. The van der Waals surface area contributed by atoms with Crippen LogP contribution in [0.25, 0.3) is 0 Å². The maximum atomic E-state index is 12.0. The van der Waals surface area contributed by atoms with Crippen LogP contribution in [0.1, 0.15) is 0 Å². The molecule has 2 aromatic rings. The molecular formula is C13H10ClN3O4S. The lowest BCUT2D eigenvalue weighted by Crippen LogP contribution is -2.26. The number of hydrogen-bond acceptors (Lipinski definition) is 5. The molecule has 0 fully saturated rings. The molecule has 7 nitrogen and oxygen atoms in total. The number of anilines is 2. The number of nitro groups is 1. The molecule has 0 saturated carbocycles. The zero-order valence-electron chi connectivity index (χ0n) is 10.9. The van der Waals surface area contributed by atoms with Crippen LogP contribution in [0.15, 0.2) is 42.5 Å². The van der Waals surface area contributed by atoms with Gasteiger partial charge in [-0.2, -0.15) is 0 Å². The Labute approximate surface area is 135 Å². The van der Waals surface area contributed by atoms with Crippen molar-refractivity contribution in [2.75, 3.05) is 9.62 Å². The number of carbonyl (C=O) groups excluding carboxylic acids is 1. The van der Waals surface area contributed by atoms with Gasteiger partial charge in [-0.15, -0.1) is 0 Å². The lowest BCUT2D eigenvalue weighted by molar-refractivity contribution is -0.385. The predicted molar refractivity (Wildman–Crippen MR) is 86.7 cm³/mol. The van der Waals surface area contributed by atoms with Crippen LogP contribution in [-0.2, 0) is 0 Å². The summed E-state index contributed by atoms with van der Waals surface area (Å²) < 4.78 is 1.02. The summed E-state index contributed by atoms with van der Waals surface area (Å²) in [6, 6.07) is 9.27. The first-order valence-corrected chi connectivity index (χ1v) is 6.69. The first kappa shape index (κ1) is 15.9. The van der Waals surface area contributed by atoms with Gasteiger partial charge in [0, 0.05) is 16.8 Å². The molecule has 0 atom stereocenters. The minimum Gasteiger partial charge on any atom is -0.502 e. The summed E-state index contributed by atoms with van der Waals surface area (Å²) >= 11 is 9.82. The van der Waals surface area contributed by atoms with Gasteiger partial charge in [0.1, 0.15) is 0 Å². The van der Waals surface area contributed by atoms with Crippen LogP contribution < -0.4 is 9.62 Å². The number of hydrogen-bond donors (Lipinski definition) is 3. The van der Waals surface area contributed by atoms with Crippen LogP contribution in [0.4, 0.5) is 21.9 Å². The minimum absolute atomic E-state index is 0.155. The molecular weight excluding hydrogens is 330 g/mol. The smallest absolute Gasteiger partial charge is 0.336 e. The number of halogens is 1. The molecule has 114 valence electrons. The Morgan fingerprint density at radius 1 is 1.27 bits per heavy atom. The summed E-state index contributed by atoms with van der Waals surface area (Å²) in [7, 11) is 0. The fourth-order valence-electron chi connectivity index (χ4n) is 1.62. The van der Waals surface area contributed by atoms with Crippen molar-refractivity contribution in [1.29, 1.82) is 0 Å². The van der Waals surface area contributed by atoms with Crippen molar-refractivity contribution in [3.05, 3.63) is 57.6 Å². The fraction of sp³-hybridized carbons (Fsp3) is 0. The van der Waals surface area contributed by atoms with Gasteiger partial charge in [-0.1, -0.05) is 24.4 Å². The minimum atomic E-state index is -0.747. The van der Waals surface area contributed by atoms with Gasteiger partial charge >= 0.3 is 11.7 Å². The van der Waals surface area contributed by atoms with E-state index in [0.717, 1.165) is 16.4 Å². The number of urea groups is 1. The number of carbonyl (C=O) groups is 1. The van der Waals surface area contributed by atoms with Gasteiger partial charge in [0.25, 0.3) is 0 Å². The molecule has 22 heavy (non-hydrogen) atoms. The third-order valence-corrected chi connectivity index (χ3v) is 3.35. The summed E-state index contributed by atoms with van der Waals surface area (Å²) in [4.78, 5) is 22.0. The largest absolute Gasteiger partial charge is 0.502 e. The van der Waals surface area contributed by atoms with E-state index in [4.69, 9.17) is 11.6 Å². The molecule has 9 heteroatoms. The van der Waals surface area contributed by atoms with E-state index in [1.165, 1.54) is 6.07 Å². The van der Waals surface area contributed by atoms with Crippen molar-refractivity contribution in [3.8, 4) is 5.75 Å². The molecule has 0 radical (unpaired) electrons. The van der Waals surface area contributed by atoms with E-state index >= 15 is 0 Å². The zero-order chi connectivity index (χ0) is 16.3. The van der Waals surface area contributed by atoms with E-state index < -0.39 is 22.4 Å². The number of nitrogens with zero attached hydrogens (tertiary/aromatic N) is 2. The van der Waals surface area contributed by atoms with Gasteiger partial charge < -0.3 is 10.4 Å². The summed E-state index contributed by atoms with van der Waals surface area (Å²) in [6.45, 7) is 0. The second kappa shape index (κ2) is 6.54. The number of benzene rings is 2. The van der Waals surface area contributed by atoms with Gasteiger partial charge in [-0.3, -0.25) is 10.1 Å². The highest BCUT2D eigenvalue weighted by atomic mass is 35.5. The van der Waals surface area contributed by atoms with Gasteiger partial charge in [-0.25, -0.2) is 9.10 Å². The number of thiol groups is 1. The van der Waals surface area contributed by atoms with Crippen LogP contribution in [0.2, 0.25) is 5.02 Å². The average Bonchev–Trinajstić information content (AvgIpc) is 2.49. The summed E-state index contributed by atoms with van der Waals surface area (Å²) in [5.41, 5.74) is 0.121. The maximum absolute atomic E-state index is 12.0. The molecule has 0 aromatic heterocycles. The van der Waals surface area contributed by atoms with Crippen molar-refractivity contribution in [3.63, 3.8) is 0 Å². The molecule has 0 aliphatic carbocycles. The van der Waals surface area contributed by atoms with Crippen molar-refractivity contribution in [2.24, 2.45) is 0 Å². The van der Waals surface area contributed by atoms with Crippen molar-refractivity contribution < 1.29 is 14.8 Å². The van der Waals surface area contributed by atoms with E-state index in [-0.39, 0.29) is 5.69 Å². The highest BCUT2D eigenvalue weighted by molar-refractivity contribution is 7.82. The highest BCUT2D eigenvalue weighted by Gasteiger charge is 2.17. The van der Waals surface area contributed by atoms with Crippen molar-refractivity contribution >= 4 is 47.5 Å². The van der Waals surface area contributed by atoms with Gasteiger partial charge in [0.15, 0.2) is 5.75 Å². The molecule has 2 amide bonds. The molecule has 2 rings (SSSR count). The number of rotatable bonds is 3. The summed E-state index contributed by atoms with van der Waals surface area (Å²) in [6.07, 6.45) is 0. The average molecular weight is 340 g/mol. The number of phenolic OH excluding ortho intramolecular Hbond substituents is 1. The van der Waals surface area contributed by atoms with Crippen molar-refractivity contribution in [1.82, 2.24) is 0 Å². The van der Waals surface area contributed by atoms with E-state index in [2.05, 4.69) is 18.1 Å². The summed E-state index contributed by atoms with van der Waals surface area (Å²) in [5.74, 6) is -0.483. The Kier molecular flexibility index (Phi) is 4.74. The Bertz CT molecular complexity index is 724. The molecule has 0 spiro atoms. The Morgan fingerprint density at radius 3 is 2.50 bits per heavy atom. The van der Waals surface area contributed by atoms with Gasteiger partial charge in [0.2, 0.25) is 0 Å². The SMILES string of the molecule is O=C(Nc1ccc(O)c([N+](=O)[O-])c1)N(S)c1ccc(Cl)cc1. The first-order valence-electron chi connectivity index (χ1n) is 5.91. The van der Waals surface area contributed by atoms with Crippen LogP contribution in [0.3, 0.4) is 0 Å². The van der Waals surface area contributed by atoms with Crippen molar-refractivity contribution in [2.45, 2.75) is 0 Å². The molecule has 0 aliphatic heterocycles. The second-order valence-corrected chi connectivity index (χ2v) is 5.02. The van der Waals surface area contributed by atoms with E-state index in [9.17, 15) is 20.0 Å². The highest BCUT2D eigenvalue weighted by Crippen LogP contribution is 2.29. The molecule has 0 heterocycles. The van der Waals surface area contributed by atoms with Crippen LogP contribution in [0, 0.1) is 10.1 Å². The Morgan fingerprint density at radius 2 is 1.91 bits per heavy atom. The van der Waals surface area contributed by atoms with Crippen LogP contribution in [-0.4, -0.2) is 16.1 Å². The fourth-order valence-corrected chi connectivity index (χ4v) is 1.93. The number of amides is 2. The molecule has 0 saturated heterocycles. The molecule has 0 unspecified atom stereocenters. The van der Waals surface area contributed by atoms with E-state index in [0.29, 0.717) is 10.7 Å². The van der Waals surface area contributed by atoms with E-state index in [1.54, 1.807) is 24.3 Å². The Hall–Kier alpha value is -2.45. The third kappa shape index (κ3) is 3.60. The maximum Gasteiger partial charge on any atom is 0.336 e. The standard InChI is InChI=1S/C13H10ClN3O4S/c14-8-1-4-10(5-2-8)16(22)13(19)15-9-3-6-12(18)11(7-9)17(20)21/h1-7,18,22H,(H,15,19). The number of phenols is 1. The van der Waals surface area contributed by atoms with Crippen LogP contribution >= 0.6 is 24.4 Å². The molecule has 0 bridgehead atoms. The van der Waals surface area contributed by atoms with E-state index in [1.807, 2.05) is 0 Å². The van der Waals surface area contributed by atoms with Gasteiger partial charge in [0.05, 0.1) is 10.6 Å². The summed E-state index contributed by atoms with van der Waals surface area (Å²) in [5, 5.41) is 23.1. The molecule has 2 N–H and O–H groups in total. The predicted octanol–water partition coefficient (Wildman–Crippen LogP) is 3.84. The quantitative estimate of drug-likeness (QED) is 0.342. The monoisotopic (exact) mass is 339 g/mol. The normalized spacial score (nSPS) is 10.1. The topological polar surface area (TPSA) is 95.7 Å². The second-order valence-electron chi connectivity index (χ2n) is 4.18. The number of aromatic hydroxyl groups is 1. The third-order valence-electron chi connectivity index (χ3n) is 2.69. The molecule has 0 aliphatic rings. The number of nitro benzene ring substituents is 1. The first-order chi connectivity index (χ1) is 10.4. The Balaban J connectivity index is 2.16. The van der Waals surface area contributed by atoms with Crippen LogP contribution in [0.5, 0.6) is 5.75 Å². The molecule has 2 aromatic carbocycles. The van der Waals surface area contributed by atoms with Gasteiger partial charge in [-0.05, 0) is 36.4 Å². The lowest BCUT2D eigenvalue weighted by Gasteiger charge is -2.16. The zero-order valence-corrected chi connectivity index (χ0v) is 12.6.